The summed E-state index contributed by atoms with van der Waals surface area (Å²) in [5.41, 5.74) is 1.34. The van der Waals surface area contributed by atoms with E-state index in [0.717, 1.165) is 5.56 Å². The minimum atomic E-state index is -1.34. The third-order valence-corrected chi connectivity index (χ3v) is 5.49. The minimum absolute atomic E-state index is 0.0595. The van der Waals surface area contributed by atoms with Crippen LogP contribution in [-0.2, 0) is 17.8 Å². The molecule has 0 aliphatic heterocycles. The fourth-order valence-corrected chi connectivity index (χ4v) is 4.06. The number of nitrogens with one attached hydrogen (secondary N) is 2. The number of halogens is 1. The van der Waals surface area contributed by atoms with Crippen molar-refractivity contribution in [1.29, 1.82) is 0 Å². The third-order valence-electron chi connectivity index (χ3n) is 5.27. The maximum atomic E-state index is 12.7. The average molecular weight is 425 g/mol. The number of H-pyrrole nitrogens is 1. The predicted octanol–water partition coefficient (Wildman–Crippen LogP) is 2.94. The Morgan fingerprint density at radius 1 is 1.13 bits per heavy atom. The number of hydrogen-bond acceptors (Lipinski definition) is 4. The summed E-state index contributed by atoms with van der Waals surface area (Å²) in [5, 5.41) is 12.7. The first-order valence-corrected chi connectivity index (χ1v) is 9.69. The number of carbonyl (C=O) groups excluding carboxylic acids is 2. The number of amides is 1. The molecule has 0 bridgehead atoms. The molecule has 4 rings (SSSR count). The number of benzene rings is 2. The number of aromatic carboxylic acids is 1. The summed E-state index contributed by atoms with van der Waals surface area (Å²) in [6.45, 7) is 0.0740. The lowest BCUT2D eigenvalue weighted by Gasteiger charge is -2.23. The molecule has 1 aliphatic rings. The largest absolute Gasteiger partial charge is 0.477 e. The van der Waals surface area contributed by atoms with Crippen molar-refractivity contribution >= 4 is 40.2 Å². The molecule has 7 nitrogen and oxygen atoms in total. The number of aromatic amines is 1. The third kappa shape index (κ3) is 3.71. The minimum Gasteiger partial charge on any atom is -0.477 e. The zero-order chi connectivity index (χ0) is 21.4. The van der Waals surface area contributed by atoms with E-state index in [1.54, 1.807) is 24.3 Å². The molecule has 0 spiro atoms. The molecule has 152 valence electrons. The van der Waals surface area contributed by atoms with Gasteiger partial charge in [-0.1, -0.05) is 35.9 Å². The average Bonchev–Trinajstić information content (AvgIpc) is 2.71. The maximum Gasteiger partial charge on any atom is 0.341 e. The highest BCUT2D eigenvalue weighted by Gasteiger charge is 2.29. The summed E-state index contributed by atoms with van der Waals surface area (Å²) in [6.07, 6.45) is 0.612. The first-order valence-electron chi connectivity index (χ1n) is 9.31. The van der Waals surface area contributed by atoms with Gasteiger partial charge < -0.3 is 15.4 Å². The van der Waals surface area contributed by atoms with Crippen LogP contribution in [0.15, 0.2) is 47.3 Å². The second-order valence-corrected chi connectivity index (χ2v) is 7.69. The van der Waals surface area contributed by atoms with Gasteiger partial charge in [-0.3, -0.25) is 14.4 Å². The Morgan fingerprint density at radius 2 is 1.90 bits per heavy atom. The van der Waals surface area contributed by atoms with Crippen LogP contribution >= 0.6 is 11.6 Å². The summed E-state index contributed by atoms with van der Waals surface area (Å²) < 4.78 is 0. The lowest BCUT2D eigenvalue weighted by molar-refractivity contribution is -0.125. The smallest absolute Gasteiger partial charge is 0.341 e. The van der Waals surface area contributed by atoms with Crippen LogP contribution in [0.4, 0.5) is 0 Å². The predicted molar refractivity (Wildman–Crippen MR) is 111 cm³/mol. The fraction of sp³-hybridized carbons (Fsp3) is 0.182. The van der Waals surface area contributed by atoms with Crippen molar-refractivity contribution in [1.82, 2.24) is 10.3 Å². The van der Waals surface area contributed by atoms with Gasteiger partial charge in [-0.2, -0.15) is 0 Å². The maximum absolute atomic E-state index is 12.7. The second-order valence-electron chi connectivity index (χ2n) is 7.25. The molecule has 1 unspecified atom stereocenters. The van der Waals surface area contributed by atoms with E-state index in [0.29, 0.717) is 33.5 Å². The van der Waals surface area contributed by atoms with Gasteiger partial charge in [0.25, 0.3) is 5.56 Å². The van der Waals surface area contributed by atoms with Gasteiger partial charge in [-0.25, -0.2) is 4.79 Å². The van der Waals surface area contributed by atoms with Crippen LogP contribution in [0.2, 0.25) is 5.02 Å². The molecule has 8 heteroatoms. The summed E-state index contributed by atoms with van der Waals surface area (Å²) in [5.74, 6) is -2.14. The number of pyridine rings is 1. The van der Waals surface area contributed by atoms with E-state index in [4.69, 9.17) is 16.7 Å². The molecule has 2 aromatic carbocycles. The summed E-state index contributed by atoms with van der Waals surface area (Å²) in [6, 6.07) is 11.7. The Bertz CT molecular complexity index is 1260. The van der Waals surface area contributed by atoms with E-state index in [2.05, 4.69) is 10.3 Å². The number of carbonyl (C=O) groups is 3. The van der Waals surface area contributed by atoms with Gasteiger partial charge in [-0.05, 0) is 35.7 Å². The standard InChI is InChI=1S/C22H17ClN2O5/c23-15-6-12-8-17(22(29)30)21(28)25-19(12)14(7-15)10-24-20(27)13-5-11-3-1-2-4-16(11)18(26)9-13/h1-4,6-8,13H,5,9-10H2,(H,24,27)(H,25,28)(H,29,30). The molecular formula is C22H17ClN2O5. The van der Waals surface area contributed by atoms with E-state index in [1.807, 2.05) is 12.1 Å². The monoisotopic (exact) mass is 424 g/mol. The molecule has 3 N–H and O–H groups in total. The van der Waals surface area contributed by atoms with Crippen LogP contribution in [0, 0.1) is 5.92 Å². The van der Waals surface area contributed by atoms with Crippen LogP contribution < -0.4 is 10.9 Å². The SMILES string of the molecule is O=C1CC(C(=O)NCc2cc(Cl)cc3cc(C(=O)O)c(=O)[nH]c23)Cc2ccccc21. The van der Waals surface area contributed by atoms with E-state index >= 15 is 0 Å². The van der Waals surface area contributed by atoms with Crippen molar-refractivity contribution in [2.45, 2.75) is 19.4 Å². The Morgan fingerprint density at radius 3 is 2.67 bits per heavy atom. The van der Waals surface area contributed by atoms with Crippen molar-refractivity contribution in [3.8, 4) is 0 Å². The van der Waals surface area contributed by atoms with E-state index < -0.39 is 17.4 Å². The van der Waals surface area contributed by atoms with Gasteiger partial charge in [0.1, 0.15) is 5.56 Å². The molecule has 1 aromatic heterocycles. The van der Waals surface area contributed by atoms with E-state index in [-0.39, 0.29) is 30.2 Å². The second kappa shape index (κ2) is 7.76. The Labute approximate surface area is 175 Å². The van der Waals surface area contributed by atoms with Gasteiger partial charge in [0.2, 0.25) is 5.91 Å². The highest BCUT2D eigenvalue weighted by atomic mass is 35.5. The number of Topliss-reactive ketones (excluding diaryl/α,β-unsaturated/α-hetero) is 1. The van der Waals surface area contributed by atoms with Crippen molar-refractivity contribution in [2.24, 2.45) is 5.92 Å². The van der Waals surface area contributed by atoms with Gasteiger partial charge >= 0.3 is 5.97 Å². The number of rotatable bonds is 4. The molecule has 1 heterocycles. The van der Waals surface area contributed by atoms with Gasteiger partial charge in [-0.15, -0.1) is 0 Å². The van der Waals surface area contributed by atoms with Crippen molar-refractivity contribution in [2.75, 3.05) is 0 Å². The Kier molecular flexibility index (Phi) is 5.13. The number of carboxylic acids is 1. The summed E-state index contributed by atoms with van der Waals surface area (Å²) in [7, 11) is 0. The number of hydrogen-bond donors (Lipinski definition) is 3. The lowest BCUT2D eigenvalue weighted by atomic mass is 9.82. The molecular weight excluding hydrogens is 408 g/mol. The van der Waals surface area contributed by atoms with Gasteiger partial charge in [0, 0.05) is 34.9 Å². The molecule has 0 radical (unpaired) electrons. The highest BCUT2D eigenvalue weighted by Crippen LogP contribution is 2.26. The van der Waals surface area contributed by atoms with Crippen LogP contribution in [0.1, 0.15) is 38.3 Å². The van der Waals surface area contributed by atoms with E-state index in [1.165, 1.54) is 6.07 Å². The van der Waals surface area contributed by atoms with Gasteiger partial charge in [0.15, 0.2) is 5.78 Å². The number of carboxylic acid groups (broad SMARTS) is 1. The zero-order valence-electron chi connectivity index (χ0n) is 15.7. The zero-order valence-corrected chi connectivity index (χ0v) is 16.5. The molecule has 1 aliphatic carbocycles. The van der Waals surface area contributed by atoms with Crippen molar-refractivity contribution in [3.63, 3.8) is 0 Å². The molecule has 1 amide bonds. The summed E-state index contributed by atoms with van der Waals surface area (Å²) >= 11 is 6.14. The highest BCUT2D eigenvalue weighted by molar-refractivity contribution is 6.31. The lowest BCUT2D eigenvalue weighted by Crippen LogP contribution is -2.35. The number of ketones is 1. The summed E-state index contributed by atoms with van der Waals surface area (Å²) in [4.78, 5) is 50.9. The Hall–Kier alpha value is -3.45. The molecule has 0 fully saturated rings. The topological polar surface area (TPSA) is 116 Å². The Balaban J connectivity index is 1.57. The van der Waals surface area contributed by atoms with Crippen LogP contribution in [0.25, 0.3) is 10.9 Å². The molecule has 0 saturated heterocycles. The van der Waals surface area contributed by atoms with E-state index in [9.17, 15) is 19.2 Å². The first-order chi connectivity index (χ1) is 14.3. The normalized spacial score (nSPS) is 15.6. The quantitative estimate of drug-likeness (QED) is 0.595. The van der Waals surface area contributed by atoms with Crippen molar-refractivity contribution < 1.29 is 19.5 Å². The molecule has 30 heavy (non-hydrogen) atoms. The van der Waals surface area contributed by atoms with Crippen LogP contribution in [-0.4, -0.2) is 27.8 Å². The van der Waals surface area contributed by atoms with Crippen LogP contribution in [0.3, 0.4) is 0 Å². The fourth-order valence-electron chi connectivity index (χ4n) is 3.81. The van der Waals surface area contributed by atoms with Gasteiger partial charge in [0.05, 0.1) is 5.52 Å². The number of aromatic nitrogens is 1. The number of fused-ring (bicyclic) bond motifs is 2. The van der Waals surface area contributed by atoms with Crippen molar-refractivity contribution in [3.05, 3.63) is 80.1 Å². The molecule has 0 saturated carbocycles. The van der Waals surface area contributed by atoms with Crippen LogP contribution in [0.5, 0.6) is 0 Å². The molecule has 3 aromatic rings. The molecule has 1 atom stereocenters. The first kappa shape index (κ1) is 19.8.